The number of rotatable bonds is 7. The molecule has 0 unspecified atom stereocenters. The van der Waals surface area contributed by atoms with Crippen LogP contribution in [0.3, 0.4) is 0 Å². The molecule has 8 nitrogen and oxygen atoms in total. The van der Waals surface area contributed by atoms with E-state index in [1.54, 1.807) is 24.3 Å². The summed E-state index contributed by atoms with van der Waals surface area (Å²) in [7, 11) is 0. The number of hydrogen-bond acceptors (Lipinski definition) is 5. The molecule has 5 rings (SSSR count). The Hall–Kier alpha value is -4.75. The Kier molecular flexibility index (Phi) is 7.95. The SMILES string of the molecule is CC(C)COc1ccccc1-n1nc2c(c1-c1cc(F)c(NC(N)=O)cc1F)CN(c1ncc(C(F)(F)F)cc1F)CC2. The third-order valence-corrected chi connectivity index (χ3v) is 6.72. The number of nitrogens with two attached hydrogens (primary N) is 1. The maximum Gasteiger partial charge on any atom is 0.417 e. The number of carbonyl (C=O) groups is 1. The van der Waals surface area contributed by atoms with Crippen LogP contribution in [0.15, 0.2) is 48.7 Å². The maximum absolute atomic E-state index is 15.7. The zero-order valence-corrected chi connectivity index (χ0v) is 23.0. The Bertz CT molecular complexity index is 1690. The lowest BCUT2D eigenvalue weighted by atomic mass is 9.99. The largest absolute Gasteiger partial charge is 0.491 e. The zero-order valence-electron chi connectivity index (χ0n) is 23.0. The number of halogens is 6. The molecule has 1 aliphatic rings. The Balaban J connectivity index is 1.66. The summed E-state index contributed by atoms with van der Waals surface area (Å²) in [5, 5.41) is 6.72. The summed E-state index contributed by atoms with van der Waals surface area (Å²) in [5.74, 6) is -2.83. The van der Waals surface area contributed by atoms with Gasteiger partial charge in [-0.25, -0.2) is 27.6 Å². The molecule has 2 aromatic carbocycles. The third kappa shape index (κ3) is 6.08. The van der Waals surface area contributed by atoms with Gasteiger partial charge in [0.05, 0.1) is 29.2 Å². The average molecular weight is 605 g/mol. The second-order valence-corrected chi connectivity index (χ2v) is 10.4. The first-order chi connectivity index (χ1) is 20.3. The number of carbonyl (C=O) groups excluding carboxylic acids is 1. The van der Waals surface area contributed by atoms with Gasteiger partial charge >= 0.3 is 12.2 Å². The second kappa shape index (κ2) is 11.5. The second-order valence-electron chi connectivity index (χ2n) is 10.4. The number of ether oxygens (including phenoxy) is 1. The van der Waals surface area contributed by atoms with Gasteiger partial charge in [0, 0.05) is 42.9 Å². The number of hydrogen-bond donors (Lipinski definition) is 2. The van der Waals surface area contributed by atoms with Gasteiger partial charge in [0.25, 0.3) is 0 Å². The Morgan fingerprint density at radius 2 is 1.84 bits per heavy atom. The summed E-state index contributed by atoms with van der Waals surface area (Å²) >= 11 is 0. The summed E-state index contributed by atoms with van der Waals surface area (Å²) in [4.78, 5) is 16.4. The minimum atomic E-state index is -4.78. The van der Waals surface area contributed by atoms with Crippen LogP contribution in [0.4, 0.5) is 42.6 Å². The molecule has 0 aliphatic carbocycles. The Morgan fingerprint density at radius 1 is 1.09 bits per heavy atom. The first-order valence-corrected chi connectivity index (χ1v) is 13.2. The van der Waals surface area contributed by atoms with Crippen molar-refractivity contribution in [3.63, 3.8) is 0 Å². The predicted molar refractivity (Wildman–Crippen MR) is 146 cm³/mol. The van der Waals surface area contributed by atoms with E-state index in [1.165, 1.54) is 9.58 Å². The van der Waals surface area contributed by atoms with Crippen LogP contribution in [-0.2, 0) is 19.1 Å². The highest BCUT2D eigenvalue weighted by molar-refractivity contribution is 5.88. The van der Waals surface area contributed by atoms with E-state index in [4.69, 9.17) is 15.6 Å². The lowest BCUT2D eigenvalue weighted by Gasteiger charge is -2.28. The normalized spacial score (nSPS) is 13.3. The lowest BCUT2D eigenvalue weighted by Crippen LogP contribution is -2.32. The maximum atomic E-state index is 15.7. The number of aromatic nitrogens is 3. The van der Waals surface area contributed by atoms with Crippen molar-refractivity contribution >= 4 is 17.5 Å². The van der Waals surface area contributed by atoms with Gasteiger partial charge in [0.2, 0.25) is 0 Å². The molecule has 1 aliphatic heterocycles. The van der Waals surface area contributed by atoms with Crippen molar-refractivity contribution in [1.29, 1.82) is 0 Å². The van der Waals surface area contributed by atoms with Crippen LogP contribution >= 0.6 is 0 Å². The summed E-state index contributed by atoms with van der Waals surface area (Å²) in [5.41, 5.74) is 4.51. The molecule has 0 atom stereocenters. The number of nitrogens with zero attached hydrogens (tertiary/aromatic N) is 4. The molecule has 0 fully saturated rings. The molecular formula is C29H26F6N6O2. The van der Waals surface area contributed by atoms with Crippen LogP contribution in [0.25, 0.3) is 16.9 Å². The molecule has 226 valence electrons. The number of urea groups is 1. The van der Waals surface area contributed by atoms with E-state index in [0.717, 1.165) is 12.1 Å². The Morgan fingerprint density at radius 3 is 2.51 bits per heavy atom. The highest BCUT2D eigenvalue weighted by Crippen LogP contribution is 2.39. The number of benzene rings is 2. The van der Waals surface area contributed by atoms with Crippen molar-refractivity contribution < 1.29 is 35.9 Å². The van der Waals surface area contributed by atoms with Crippen molar-refractivity contribution in [3.05, 3.63) is 82.9 Å². The summed E-state index contributed by atoms with van der Waals surface area (Å²) in [6, 6.07) is 7.77. The number of nitrogens with one attached hydrogen (secondary N) is 1. The van der Waals surface area contributed by atoms with Gasteiger partial charge < -0.3 is 20.7 Å². The molecule has 0 bridgehead atoms. The number of amides is 2. The molecule has 43 heavy (non-hydrogen) atoms. The standard InChI is InChI=1S/C29H26F6N6O2/c1-15(2)14-43-25-6-4-3-5-24(25)41-26(17-10-20(31)23(11-19(17)30)38-28(36)42)18-13-40(8-7-22(18)39-41)27-21(32)9-16(12-37-27)29(33,34)35/h3-6,9-12,15H,7-8,13-14H2,1-2H3,(H3,36,38,42). The zero-order chi connectivity index (χ0) is 31.1. The van der Waals surface area contributed by atoms with E-state index >= 15 is 8.78 Å². The summed E-state index contributed by atoms with van der Waals surface area (Å²) in [6.07, 6.45) is -4.05. The van der Waals surface area contributed by atoms with Gasteiger partial charge in [0.1, 0.15) is 23.1 Å². The number of fused-ring (bicyclic) bond motifs is 1. The minimum absolute atomic E-state index is 0.106. The number of para-hydroxylation sites is 2. The highest BCUT2D eigenvalue weighted by atomic mass is 19.4. The molecule has 3 N–H and O–H groups in total. The topological polar surface area (TPSA) is 98.3 Å². The van der Waals surface area contributed by atoms with Crippen molar-refractivity contribution in [3.8, 4) is 22.7 Å². The molecule has 0 saturated heterocycles. The molecule has 3 heterocycles. The minimum Gasteiger partial charge on any atom is -0.491 e. The van der Waals surface area contributed by atoms with Crippen LogP contribution in [0, 0.1) is 23.4 Å². The van der Waals surface area contributed by atoms with E-state index < -0.39 is 40.9 Å². The first kappa shape index (κ1) is 29.7. The lowest BCUT2D eigenvalue weighted by molar-refractivity contribution is -0.138. The number of alkyl halides is 3. The number of primary amides is 1. The van der Waals surface area contributed by atoms with Crippen molar-refractivity contribution in [2.24, 2.45) is 11.7 Å². The molecular weight excluding hydrogens is 578 g/mol. The average Bonchev–Trinajstić information content (AvgIpc) is 3.31. The van der Waals surface area contributed by atoms with Crippen LogP contribution in [-0.4, -0.2) is 33.9 Å². The van der Waals surface area contributed by atoms with E-state index in [0.29, 0.717) is 41.6 Å². The van der Waals surface area contributed by atoms with Crippen molar-refractivity contribution in [1.82, 2.24) is 14.8 Å². The monoisotopic (exact) mass is 604 g/mol. The fraction of sp³-hybridized carbons (Fsp3) is 0.276. The fourth-order valence-corrected chi connectivity index (χ4v) is 4.79. The van der Waals surface area contributed by atoms with E-state index in [9.17, 15) is 22.4 Å². The molecule has 0 spiro atoms. The highest BCUT2D eigenvalue weighted by Gasteiger charge is 2.34. The number of pyridine rings is 1. The summed E-state index contributed by atoms with van der Waals surface area (Å²) in [6.45, 7) is 4.29. The molecule has 0 saturated carbocycles. The molecule has 0 radical (unpaired) electrons. The summed E-state index contributed by atoms with van der Waals surface area (Å²) < 4.78 is 92.4. The smallest absolute Gasteiger partial charge is 0.417 e. The van der Waals surface area contributed by atoms with Crippen molar-refractivity contribution in [2.45, 2.75) is 33.0 Å². The third-order valence-electron chi connectivity index (χ3n) is 6.72. The van der Waals surface area contributed by atoms with Crippen LogP contribution < -0.4 is 20.7 Å². The number of anilines is 2. The van der Waals surface area contributed by atoms with E-state index in [1.807, 2.05) is 19.2 Å². The van der Waals surface area contributed by atoms with Crippen LogP contribution in [0.5, 0.6) is 5.75 Å². The predicted octanol–water partition coefficient (Wildman–Crippen LogP) is 6.46. The quantitative estimate of drug-likeness (QED) is 0.236. The first-order valence-electron chi connectivity index (χ1n) is 13.2. The molecule has 14 heteroatoms. The van der Waals surface area contributed by atoms with Crippen molar-refractivity contribution in [2.75, 3.05) is 23.4 Å². The van der Waals surface area contributed by atoms with Gasteiger partial charge in [0.15, 0.2) is 11.6 Å². The van der Waals surface area contributed by atoms with Crippen LogP contribution in [0.1, 0.15) is 30.7 Å². The molecule has 4 aromatic rings. The Labute approximate surface area is 242 Å². The van der Waals surface area contributed by atoms with Gasteiger partial charge in [-0.05, 0) is 30.2 Å². The van der Waals surface area contributed by atoms with Crippen LogP contribution in [0.2, 0.25) is 0 Å². The van der Waals surface area contributed by atoms with Gasteiger partial charge in [-0.1, -0.05) is 26.0 Å². The van der Waals surface area contributed by atoms with E-state index in [2.05, 4.69) is 4.98 Å². The van der Waals surface area contributed by atoms with Gasteiger partial charge in [-0.2, -0.15) is 18.3 Å². The van der Waals surface area contributed by atoms with Gasteiger partial charge in [-0.15, -0.1) is 0 Å². The molecule has 2 aromatic heterocycles. The van der Waals surface area contributed by atoms with Gasteiger partial charge in [-0.3, -0.25) is 0 Å². The molecule has 2 amide bonds. The fourth-order valence-electron chi connectivity index (χ4n) is 4.79. The van der Waals surface area contributed by atoms with E-state index in [-0.39, 0.29) is 42.5 Å².